The maximum atomic E-state index is 12.4. The largest absolute Gasteiger partial charge is 0.459 e. The van der Waals surface area contributed by atoms with Crippen molar-refractivity contribution in [2.45, 2.75) is 32.8 Å². The monoisotopic (exact) mass is 335 g/mol. The quantitative estimate of drug-likeness (QED) is 0.602. The number of carbonyl (C=O) groups is 1. The molecule has 1 unspecified atom stereocenters. The lowest BCUT2D eigenvalue weighted by molar-refractivity contribution is -0.147. The fourth-order valence-corrected chi connectivity index (χ4v) is 2.70. The van der Waals surface area contributed by atoms with Crippen molar-refractivity contribution in [2.75, 3.05) is 0 Å². The Balaban J connectivity index is 1.63. The molecular weight excluding hydrogens is 314 g/mol. The van der Waals surface area contributed by atoms with Gasteiger partial charge in [-0.25, -0.2) is 0 Å². The maximum Gasteiger partial charge on any atom is 0.313 e. The van der Waals surface area contributed by atoms with Gasteiger partial charge in [0, 0.05) is 11.6 Å². The van der Waals surface area contributed by atoms with Crippen LogP contribution in [-0.4, -0.2) is 11.1 Å². The average molecular weight is 335 g/mol. The Morgan fingerprint density at radius 2 is 1.84 bits per heavy atom. The Hall–Kier alpha value is -2.88. The van der Waals surface area contributed by atoms with E-state index in [9.17, 15) is 4.79 Å². The van der Waals surface area contributed by atoms with Crippen molar-refractivity contribution in [1.82, 2.24) is 5.16 Å². The highest BCUT2D eigenvalue weighted by atomic mass is 16.5. The van der Waals surface area contributed by atoms with Crippen molar-refractivity contribution >= 4 is 5.97 Å². The number of benzene rings is 2. The molecule has 0 amide bonds. The first-order chi connectivity index (χ1) is 12.2. The highest BCUT2D eigenvalue weighted by Gasteiger charge is 2.20. The van der Waals surface area contributed by atoms with E-state index in [1.807, 2.05) is 68.4 Å². The van der Waals surface area contributed by atoms with Crippen LogP contribution in [0.2, 0.25) is 0 Å². The minimum atomic E-state index is -0.260. The normalized spacial score (nSPS) is 11.9. The molecule has 0 radical (unpaired) electrons. The number of nitrogens with zero attached hydrogens (tertiary/aromatic N) is 1. The first-order valence-electron chi connectivity index (χ1n) is 8.41. The molecule has 0 saturated heterocycles. The highest BCUT2D eigenvalue weighted by Crippen LogP contribution is 2.23. The second kappa shape index (κ2) is 7.79. The smallest absolute Gasteiger partial charge is 0.313 e. The summed E-state index contributed by atoms with van der Waals surface area (Å²) < 4.78 is 10.8. The van der Waals surface area contributed by atoms with Gasteiger partial charge in [-0.1, -0.05) is 72.2 Å². The van der Waals surface area contributed by atoms with Crippen LogP contribution >= 0.6 is 0 Å². The van der Waals surface area contributed by atoms with Crippen molar-refractivity contribution in [3.05, 3.63) is 77.5 Å². The molecular formula is C21H21NO3. The lowest BCUT2D eigenvalue weighted by Gasteiger charge is -2.13. The molecule has 0 aliphatic carbocycles. The van der Waals surface area contributed by atoms with Gasteiger partial charge in [0.15, 0.2) is 5.76 Å². The van der Waals surface area contributed by atoms with Gasteiger partial charge in [0.2, 0.25) is 0 Å². The van der Waals surface area contributed by atoms with Crippen molar-refractivity contribution < 1.29 is 14.1 Å². The van der Waals surface area contributed by atoms with Gasteiger partial charge < -0.3 is 9.26 Å². The molecule has 1 atom stereocenters. The second-order valence-electron chi connectivity index (χ2n) is 6.03. The predicted molar refractivity (Wildman–Crippen MR) is 95.9 cm³/mol. The minimum absolute atomic E-state index is 0.109. The van der Waals surface area contributed by atoms with Gasteiger partial charge >= 0.3 is 5.97 Å². The Labute approximate surface area is 147 Å². The molecule has 4 heteroatoms. The van der Waals surface area contributed by atoms with E-state index in [-0.39, 0.29) is 18.5 Å². The Morgan fingerprint density at radius 1 is 1.12 bits per heavy atom. The average Bonchev–Trinajstić information content (AvgIpc) is 3.11. The lowest BCUT2D eigenvalue weighted by atomic mass is 9.97. The van der Waals surface area contributed by atoms with Gasteiger partial charge in [0.25, 0.3) is 0 Å². The summed E-state index contributed by atoms with van der Waals surface area (Å²) in [5, 5.41) is 3.99. The number of carbonyl (C=O) groups excluding carboxylic acids is 1. The molecule has 25 heavy (non-hydrogen) atoms. The standard InChI is InChI=1S/C21H21NO3/c1-3-19(16-7-5-4-6-8-16)21(23)24-14-18-13-20(25-22-18)17-11-9-15(2)10-12-17/h4-13,19H,3,14H2,1-2H3. The molecule has 0 saturated carbocycles. The molecule has 0 aliphatic rings. The van der Waals surface area contributed by atoms with E-state index in [2.05, 4.69) is 5.16 Å². The summed E-state index contributed by atoms with van der Waals surface area (Å²) in [4.78, 5) is 12.4. The first-order valence-corrected chi connectivity index (χ1v) is 8.41. The third-order valence-electron chi connectivity index (χ3n) is 4.15. The molecule has 0 spiro atoms. The van der Waals surface area contributed by atoms with Crippen LogP contribution in [0.1, 0.15) is 36.1 Å². The van der Waals surface area contributed by atoms with Crippen LogP contribution in [0.25, 0.3) is 11.3 Å². The number of ether oxygens (including phenoxy) is 1. The first kappa shape index (κ1) is 17.0. The van der Waals surface area contributed by atoms with Crippen LogP contribution in [0.5, 0.6) is 0 Å². The molecule has 0 N–H and O–H groups in total. The van der Waals surface area contributed by atoms with Crippen molar-refractivity contribution in [1.29, 1.82) is 0 Å². The number of hydrogen-bond acceptors (Lipinski definition) is 4. The summed E-state index contributed by atoms with van der Waals surface area (Å²) in [7, 11) is 0. The van der Waals surface area contributed by atoms with E-state index in [1.54, 1.807) is 6.07 Å². The van der Waals surface area contributed by atoms with Gasteiger partial charge in [0.1, 0.15) is 12.3 Å². The van der Waals surface area contributed by atoms with E-state index in [4.69, 9.17) is 9.26 Å². The summed E-state index contributed by atoms with van der Waals surface area (Å²) >= 11 is 0. The molecule has 1 aromatic heterocycles. The van der Waals surface area contributed by atoms with E-state index in [0.29, 0.717) is 17.9 Å². The summed E-state index contributed by atoms with van der Waals surface area (Å²) in [6, 6.07) is 19.5. The minimum Gasteiger partial charge on any atom is -0.459 e. The van der Waals surface area contributed by atoms with E-state index in [0.717, 1.165) is 11.1 Å². The molecule has 0 aliphatic heterocycles. The predicted octanol–water partition coefficient (Wildman–Crippen LogP) is 4.89. The number of aromatic nitrogens is 1. The summed E-state index contributed by atoms with van der Waals surface area (Å²) in [6.07, 6.45) is 0.691. The van der Waals surface area contributed by atoms with Crippen LogP contribution in [0, 0.1) is 6.92 Å². The van der Waals surface area contributed by atoms with Gasteiger partial charge in [-0.15, -0.1) is 0 Å². The third-order valence-corrected chi connectivity index (χ3v) is 4.15. The molecule has 1 heterocycles. The molecule has 128 valence electrons. The molecule has 0 bridgehead atoms. The van der Waals surface area contributed by atoms with Crippen molar-refractivity contribution in [3.63, 3.8) is 0 Å². The zero-order valence-electron chi connectivity index (χ0n) is 14.4. The van der Waals surface area contributed by atoms with Crippen molar-refractivity contribution in [3.8, 4) is 11.3 Å². The van der Waals surface area contributed by atoms with Gasteiger partial charge in [-0.3, -0.25) is 4.79 Å². The van der Waals surface area contributed by atoms with Gasteiger partial charge in [-0.05, 0) is 18.9 Å². The van der Waals surface area contributed by atoms with E-state index in [1.165, 1.54) is 5.56 Å². The third kappa shape index (κ3) is 4.15. The maximum absolute atomic E-state index is 12.4. The van der Waals surface area contributed by atoms with Crippen LogP contribution in [-0.2, 0) is 16.1 Å². The van der Waals surface area contributed by atoms with Crippen molar-refractivity contribution in [2.24, 2.45) is 0 Å². The number of aryl methyl sites for hydroxylation is 1. The molecule has 3 aromatic rings. The number of hydrogen-bond donors (Lipinski definition) is 0. The summed E-state index contributed by atoms with van der Waals surface area (Å²) in [5.74, 6) is 0.166. The van der Waals surface area contributed by atoms with E-state index >= 15 is 0 Å². The van der Waals surface area contributed by atoms with Crippen LogP contribution in [0.4, 0.5) is 0 Å². The molecule has 2 aromatic carbocycles. The topological polar surface area (TPSA) is 52.3 Å². The highest BCUT2D eigenvalue weighted by molar-refractivity contribution is 5.78. The van der Waals surface area contributed by atoms with E-state index < -0.39 is 0 Å². The zero-order valence-corrected chi connectivity index (χ0v) is 14.4. The number of esters is 1. The van der Waals surface area contributed by atoms with Crippen LogP contribution in [0.3, 0.4) is 0 Å². The Kier molecular flexibility index (Phi) is 5.29. The van der Waals surface area contributed by atoms with Gasteiger partial charge in [-0.2, -0.15) is 0 Å². The zero-order chi connectivity index (χ0) is 17.6. The summed E-state index contributed by atoms with van der Waals surface area (Å²) in [5.41, 5.74) is 3.71. The second-order valence-corrected chi connectivity index (χ2v) is 6.03. The van der Waals surface area contributed by atoms with Crippen LogP contribution < -0.4 is 0 Å². The SMILES string of the molecule is CCC(C(=O)OCc1cc(-c2ccc(C)cc2)on1)c1ccccc1. The Morgan fingerprint density at radius 3 is 2.52 bits per heavy atom. The van der Waals surface area contributed by atoms with Crippen LogP contribution in [0.15, 0.2) is 65.2 Å². The fourth-order valence-electron chi connectivity index (χ4n) is 2.70. The fraction of sp³-hybridized carbons (Fsp3) is 0.238. The summed E-state index contributed by atoms with van der Waals surface area (Å²) in [6.45, 7) is 4.12. The number of rotatable bonds is 6. The molecule has 0 fully saturated rings. The molecule has 3 rings (SSSR count). The lowest BCUT2D eigenvalue weighted by Crippen LogP contribution is -2.15. The Bertz CT molecular complexity index is 822. The molecule has 4 nitrogen and oxygen atoms in total. The van der Waals surface area contributed by atoms with Gasteiger partial charge in [0.05, 0.1) is 5.92 Å².